The number of rotatable bonds is 5. The van der Waals surface area contributed by atoms with E-state index in [1.165, 1.54) is 0 Å². The summed E-state index contributed by atoms with van der Waals surface area (Å²) in [6.07, 6.45) is 4.44. The zero-order chi connectivity index (χ0) is 27.0. The lowest BCUT2D eigenvalue weighted by molar-refractivity contribution is 0.0377. The van der Waals surface area contributed by atoms with Crippen molar-refractivity contribution in [3.05, 3.63) is 96.7 Å². The summed E-state index contributed by atoms with van der Waals surface area (Å²) in [4.78, 5) is 22.3. The zero-order valence-electron chi connectivity index (χ0n) is 22.4. The van der Waals surface area contributed by atoms with E-state index in [0.717, 1.165) is 52.8 Å². The lowest BCUT2D eigenvalue weighted by Gasteiger charge is -2.43. The highest BCUT2D eigenvalue weighted by Crippen LogP contribution is 2.42. The number of hydrogen-bond donors (Lipinski definition) is 1. The summed E-state index contributed by atoms with van der Waals surface area (Å²) in [5.41, 5.74) is 4.87. The summed E-state index contributed by atoms with van der Waals surface area (Å²) in [5.74, 6) is 1.17. The van der Waals surface area contributed by atoms with Crippen LogP contribution < -0.4 is 5.32 Å². The maximum Gasteiger partial charge on any atom is 0.408 e. The van der Waals surface area contributed by atoms with Crippen LogP contribution in [-0.2, 0) is 10.3 Å². The van der Waals surface area contributed by atoms with Crippen LogP contribution in [0.15, 0.2) is 91.1 Å². The molecule has 6 rings (SSSR count). The smallest absolute Gasteiger partial charge is 0.408 e. The van der Waals surface area contributed by atoms with Gasteiger partial charge in [0.1, 0.15) is 5.60 Å². The van der Waals surface area contributed by atoms with E-state index in [1.54, 1.807) is 4.52 Å². The topological polar surface area (TPSA) is 81.4 Å². The van der Waals surface area contributed by atoms with Crippen molar-refractivity contribution >= 4 is 11.9 Å². The number of nitrogens with one attached hydrogen (secondary N) is 1. The largest absolute Gasteiger partial charge is 0.444 e. The molecule has 3 aromatic carbocycles. The van der Waals surface area contributed by atoms with E-state index < -0.39 is 11.1 Å². The molecule has 7 heteroatoms. The van der Waals surface area contributed by atoms with Gasteiger partial charge in [-0.2, -0.15) is 4.98 Å². The molecule has 39 heavy (non-hydrogen) atoms. The van der Waals surface area contributed by atoms with Crippen LogP contribution >= 0.6 is 0 Å². The van der Waals surface area contributed by atoms with Crippen molar-refractivity contribution < 1.29 is 9.53 Å². The van der Waals surface area contributed by atoms with Crippen LogP contribution in [0.2, 0.25) is 0 Å². The molecule has 5 aromatic rings. The fourth-order valence-electron chi connectivity index (χ4n) is 5.04. The van der Waals surface area contributed by atoms with Crippen LogP contribution in [0.5, 0.6) is 0 Å². The molecule has 0 spiro atoms. The van der Waals surface area contributed by atoms with E-state index in [2.05, 4.69) is 41.7 Å². The van der Waals surface area contributed by atoms with Crippen molar-refractivity contribution in [1.82, 2.24) is 24.9 Å². The van der Waals surface area contributed by atoms with Crippen molar-refractivity contribution in [1.29, 1.82) is 0 Å². The van der Waals surface area contributed by atoms with Crippen molar-refractivity contribution in [3.63, 3.8) is 0 Å². The van der Waals surface area contributed by atoms with Gasteiger partial charge in [0.15, 0.2) is 5.82 Å². The summed E-state index contributed by atoms with van der Waals surface area (Å²) >= 11 is 0. The molecule has 1 aliphatic rings. The standard InChI is InChI=1S/C32H31N5O2/c1-31(2,3)39-30(38)35-32(19-10-20-32)25-17-15-23(16-18-25)27-26(22-11-6-4-7-12-22)21-37-29(33-27)34-28(36-37)24-13-8-5-9-14-24/h4-9,11-18,21H,10,19-20H2,1-3H3,(H,35,38). The van der Waals surface area contributed by atoms with Gasteiger partial charge in [-0.15, -0.1) is 5.10 Å². The molecule has 2 heterocycles. The van der Waals surface area contributed by atoms with E-state index in [9.17, 15) is 4.79 Å². The molecular weight excluding hydrogens is 486 g/mol. The van der Waals surface area contributed by atoms with E-state index in [0.29, 0.717) is 11.6 Å². The van der Waals surface area contributed by atoms with Crippen molar-refractivity contribution in [2.24, 2.45) is 0 Å². The summed E-state index contributed by atoms with van der Waals surface area (Å²) < 4.78 is 7.29. The highest BCUT2D eigenvalue weighted by atomic mass is 16.6. The Hall–Kier alpha value is -4.52. The Bertz CT molecular complexity index is 1620. The number of carbonyl (C=O) groups is 1. The summed E-state index contributed by atoms with van der Waals surface area (Å²) in [6, 6.07) is 28.4. The maximum atomic E-state index is 12.6. The highest BCUT2D eigenvalue weighted by Gasteiger charge is 2.41. The van der Waals surface area contributed by atoms with Crippen molar-refractivity contribution in [3.8, 4) is 33.8 Å². The first-order valence-electron chi connectivity index (χ1n) is 13.3. The number of carbonyl (C=O) groups excluding carboxylic acids is 1. The second-order valence-electron chi connectivity index (χ2n) is 11.1. The summed E-state index contributed by atoms with van der Waals surface area (Å²) in [5, 5.41) is 7.86. The van der Waals surface area contributed by atoms with E-state index in [-0.39, 0.29) is 6.09 Å². The predicted octanol–water partition coefficient (Wildman–Crippen LogP) is 7.03. The quantitative estimate of drug-likeness (QED) is 0.271. The Morgan fingerprint density at radius 1 is 0.846 bits per heavy atom. The Kier molecular flexibility index (Phi) is 6.14. The summed E-state index contributed by atoms with van der Waals surface area (Å²) in [6.45, 7) is 5.63. The van der Waals surface area contributed by atoms with Gasteiger partial charge in [-0.1, -0.05) is 84.9 Å². The third kappa shape index (κ3) is 5.00. The molecule has 1 fully saturated rings. The first-order chi connectivity index (χ1) is 18.8. The Labute approximate surface area is 227 Å². The molecule has 0 bridgehead atoms. The van der Waals surface area contributed by atoms with E-state index in [4.69, 9.17) is 19.8 Å². The normalized spacial score (nSPS) is 14.5. The van der Waals surface area contributed by atoms with Gasteiger partial charge in [-0.05, 0) is 51.2 Å². The summed E-state index contributed by atoms with van der Waals surface area (Å²) in [7, 11) is 0. The number of nitrogens with zero attached hydrogens (tertiary/aromatic N) is 4. The third-order valence-corrected chi connectivity index (χ3v) is 7.11. The molecule has 0 atom stereocenters. The monoisotopic (exact) mass is 517 g/mol. The predicted molar refractivity (Wildman–Crippen MR) is 152 cm³/mol. The van der Waals surface area contributed by atoms with Gasteiger partial charge in [0, 0.05) is 22.9 Å². The molecule has 2 aromatic heterocycles. The highest BCUT2D eigenvalue weighted by molar-refractivity contribution is 5.81. The van der Waals surface area contributed by atoms with Gasteiger partial charge in [-0.25, -0.2) is 14.3 Å². The molecule has 1 aliphatic carbocycles. The number of alkyl carbamates (subject to hydrolysis) is 1. The molecule has 7 nitrogen and oxygen atoms in total. The minimum atomic E-state index is -0.543. The molecule has 0 aliphatic heterocycles. The van der Waals surface area contributed by atoms with Crippen LogP contribution in [0.4, 0.5) is 4.79 Å². The van der Waals surface area contributed by atoms with Gasteiger partial charge in [0.25, 0.3) is 5.78 Å². The molecule has 196 valence electrons. The fourth-order valence-corrected chi connectivity index (χ4v) is 5.04. The van der Waals surface area contributed by atoms with Crippen LogP contribution in [0, 0.1) is 0 Å². The Morgan fingerprint density at radius 2 is 1.49 bits per heavy atom. The second kappa shape index (κ2) is 9.66. The van der Waals surface area contributed by atoms with E-state index >= 15 is 0 Å². The molecule has 0 radical (unpaired) electrons. The Balaban J connectivity index is 1.38. The molecule has 1 amide bonds. The average Bonchev–Trinajstić information content (AvgIpc) is 3.33. The van der Waals surface area contributed by atoms with Crippen molar-refractivity contribution in [2.75, 3.05) is 0 Å². The zero-order valence-corrected chi connectivity index (χ0v) is 22.4. The second-order valence-corrected chi connectivity index (χ2v) is 11.1. The minimum absolute atomic E-state index is 0.384. The number of amides is 1. The van der Waals surface area contributed by atoms with Gasteiger partial charge in [-0.3, -0.25) is 0 Å². The van der Waals surface area contributed by atoms with Crippen LogP contribution in [0.3, 0.4) is 0 Å². The Morgan fingerprint density at radius 3 is 2.08 bits per heavy atom. The number of fused-ring (bicyclic) bond motifs is 1. The average molecular weight is 518 g/mol. The van der Waals surface area contributed by atoms with Gasteiger partial charge < -0.3 is 10.1 Å². The number of aromatic nitrogens is 4. The lowest BCUT2D eigenvalue weighted by atomic mass is 9.71. The molecule has 1 N–H and O–H groups in total. The molecule has 0 unspecified atom stereocenters. The van der Waals surface area contributed by atoms with Gasteiger partial charge >= 0.3 is 6.09 Å². The molecule has 0 saturated heterocycles. The molecular formula is C32H31N5O2. The minimum Gasteiger partial charge on any atom is -0.444 e. The fraction of sp³-hybridized carbons (Fsp3) is 0.250. The first-order valence-corrected chi connectivity index (χ1v) is 13.3. The van der Waals surface area contributed by atoms with Crippen LogP contribution in [-0.4, -0.2) is 31.3 Å². The first kappa shape index (κ1) is 24.8. The van der Waals surface area contributed by atoms with Crippen LogP contribution in [0.1, 0.15) is 45.6 Å². The van der Waals surface area contributed by atoms with E-state index in [1.807, 2.05) is 75.5 Å². The SMILES string of the molecule is CC(C)(C)OC(=O)NC1(c2ccc(-c3nc4nc(-c5ccccc5)nn4cc3-c3ccccc3)cc2)CCC1. The number of ether oxygens (including phenoxy) is 1. The number of hydrogen-bond acceptors (Lipinski definition) is 5. The van der Waals surface area contributed by atoms with Crippen molar-refractivity contribution in [2.45, 2.75) is 51.2 Å². The van der Waals surface area contributed by atoms with Crippen LogP contribution in [0.25, 0.3) is 39.5 Å². The number of benzene rings is 3. The van der Waals surface area contributed by atoms with Gasteiger partial charge in [0.2, 0.25) is 0 Å². The molecule has 1 saturated carbocycles. The lowest BCUT2D eigenvalue weighted by Crippen LogP contribution is -2.52. The van der Waals surface area contributed by atoms with Gasteiger partial charge in [0.05, 0.1) is 11.2 Å². The third-order valence-electron chi connectivity index (χ3n) is 7.11. The maximum absolute atomic E-state index is 12.6.